The van der Waals surface area contributed by atoms with Crippen molar-refractivity contribution in [2.75, 3.05) is 0 Å². The van der Waals surface area contributed by atoms with Crippen molar-refractivity contribution in [3.8, 4) is 11.5 Å². The van der Waals surface area contributed by atoms with Crippen molar-refractivity contribution in [2.45, 2.75) is 19.4 Å². The Balaban J connectivity index is 1.74. The lowest BCUT2D eigenvalue weighted by Gasteiger charge is -2.16. The Morgan fingerprint density at radius 3 is 2.85 bits per heavy atom. The van der Waals surface area contributed by atoms with E-state index in [4.69, 9.17) is 9.47 Å². The Morgan fingerprint density at radius 2 is 2.00 bits per heavy atom. The van der Waals surface area contributed by atoms with Crippen LogP contribution in [-0.4, -0.2) is 5.97 Å². The molecule has 0 aliphatic carbocycles. The Kier molecular flexibility index (Phi) is 3.37. The molecule has 1 heterocycles. The van der Waals surface area contributed by atoms with Crippen LogP contribution in [0.5, 0.6) is 11.5 Å². The van der Waals surface area contributed by atoms with Gasteiger partial charge in [-0.25, -0.2) is 4.39 Å². The lowest BCUT2D eigenvalue weighted by molar-refractivity contribution is -0.135. The molecule has 2 aromatic carbocycles. The van der Waals surface area contributed by atoms with Crippen LogP contribution in [0.3, 0.4) is 0 Å². The van der Waals surface area contributed by atoms with E-state index in [0.717, 1.165) is 5.56 Å². The third kappa shape index (κ3) is 2.64. The first-order valence-corrected chi connectivity index (χ1v) is 6.42. The summed E-state index contributed by atoms with van der Waals surface area (Å²) in [5, 5.41) is 0. The van der Waals surface area contributed by atoms with E-state index in [9.17, 15) is 9.18 Å². The highest BCUT2D eigenvalue weighted by Crippen LogP contribution is 2.29. The Labute approximate surface area is 115 Å². The Bertz CT molecular complexity index is 652. The number of carbonyl (C=O) groups is 1. The first-order valence-electron chi connectivity index (χ1n) is 6.42. The van der Waals surface area contributed by atoms with E-state index >= 15 is 0 Å². The van der Waals surface area contributed by atoms with E-state index in [2.05, 4.69) is 0 Å². The van der Waals surface area contributed by atoms with Gasteiger partial charge in [0.1, 0.15) is 23.9 Å². The van der Waals surface area contributed by atoms with Crippen molar-refractivity contribution in [1.29, 1.82) is 0 Å². The van der Waals surface area contributed by atoms with Crippen molar-refractivity contribution >= 4 is 5.97 Å². The van der Waals surface area contributed by atoms with E-state index in [1.54, 1.807) is 30.3 Å². The quantitative estimate of drug-likeness (QED) is 0.635. The van der Waals surface area contributed by atoms with E-state index in [-0.39, 0.29) is 18.4 Å². The molecule has 20 heavy (non-hydrogen) atoms. The zero-order valence-corrected chi connectivity index (χ0v) is 10.8. The van der Waals surface area contributed by atoms with Crippen molar-refractivity contribution in [1.82, 2.24) is 0 Å². The van der Waals surface area contributed by atoms with Crippen LogP contribution in [0.25, 0.3) is 0 Å². The standard InChI is InChI=1S/C16H13FO3/c17-14-4-2-1-3-12(14)10-19-13-7-5-11-6-8-16(18)20-15(11)9-13/h1-5,7,9H,6,8,10H2. The van der Waals surface area contributed by atoms with Gasteiger partial charge in [-0.05, 0) is 24.1 Å². The maximum Gasteiger partial charge on any atom is 0.311 e. The van der Waals surface area contributed by atoms with Gasteiger partial charge in [0.25, 0.3) is 0 Å². The molecule has 4 heteroatoms. The van der Waals surface area contributed by atoms with Crippen LogP contribution in [0.1, 0.15) is 17.5 Å². The normalized spacial score (nSPS) is 13.6. The first-order chi connectivity index (χ1) is 9.72. The summed E-state index contributed by atoms with van der Waals surface area (Å²) in [7, 11) is 0. The number of fused-ring (bicyclic) bond motifs is 1. The van der Waals surface area contributed by atoms with Crippen molar-refractivity contribution in [3.05, 3.63) is 59.4 Å². The SMILES string of the molecule is O=C1CCc2ccc(OCc3ccccc3F)cc2O1. The number of halogens is 1. The highest BCUT2D eigenvalue weighted by Gasteiger charge is 2.17. The summed E-state index contributed by atoms with van der Waals surface area (Å²) in [5.41, 5.74) is 1.48. The molecular formula is C16H13FO3. The number of carbonyl (C=O) groups excluding carboxylic acids is 1. The number of rotatable bonds is 3. The fourth-order valence-electron chi connectivity index (χ4n) is 2.11. The fourth-order valence-corrected chi connectivity index (χ4v) is 2.11. The molecule has 1 aliphatic rings. The summed E-state index contributed by atoms with van der Waals surface area (Å²) < 4.78 is 24.2. The molecule has 3 rings (SSSR count). The largest absolute Gasteiger partial charge is 0.489 e. The second-order valence-corrected chi connectivity index (χ2v) is 4.62. The molecule has 1 aliphatic heterocycles. The molecule has 0 radical (unpaired) electrons. The van der Waals surface area contributed by atoms with Crippen LogP contribution in [0, 0.1) is 5.82 Å². The molecule has 0 fully saturated rings. The lowest BCUT2D eigenvalue weighted by atomic mass is 10.1. The highest BCUT2D eigenvalue weighted by molar-refractivity contribution is 5.75. The van der Waals surface area contributed by atoms with Gasteiger partial charge in [0.15, 0.2) is 0 Å². The number of benzene rings is 2. The van der Waals surface area contributed by atoms with Crippen LogP contribution in [0.15, 0.2) is 42.5 Å². The minimum absolute atomic E-state index is 0.138. The van der Waals surface area contributed by atoms with E-state index in [1.165, 1.54) is 6.07 Å². The Hall–Kier alpha value is -2.36. The predicted molar refractivity (Wildman–Crippen MR) is 71.1 cm³/mol. The van der Waals surface area contributed by atoms with Crippen molar-refractivity contribution < 1.29 is 18.7 Å². The minimum atomic E-state index is -0.295. The third-order valence-electron chi connectivity index (χ3n) is 3.21. The summed E-state index contributed by atoms with van der Waals surface area (Å²) >= 11 is 0. The number of hydrogen-bond donors (Lipinski definition) is 0. The molecule has 3 nitrogen and oxygen atoms in total. The van der Waals surface area contributed by atoms with Gasteiger partial charge in [0.05, 0.1) is 6.42 Å². The average molecular weight is 272 g/mol. The maximum atomic E-state index is 13.5. The topological polar surface area (TPSA) is 35.5 Å². The fraction of sp³-hybridized carbons (Fsp3) is 0.188. The van der Waals surface area contributed by atoms with Gasteiger partial charge in [0, 0.05) is 11.6 Å². The average Bonchev–Trinajstić information content (AvgIpc) is 2.46. The smallest absolute Gasteiger partial charge is 0.311 e. The molecule has 0 atom stereocenters. The maximum absolute atomic E-state index is 13.5. The van der Waals surface area contributed by atoms with E-state index in [0.29, 0.717) is 29.9 Å². The Morgan fingerprint density at radius 1 is 1.15 bits per heavy atom. The number of esters is 1. The number of hydrogen-bond acceptors (Lipinski definition) is 3. The molecule has 0 N–H and O–H groups in total. The molecule has 0 bridgehead atoms. The van der Waals surface area contributed by atoms with Gasteiger partial charge in [-0.2, -0.15) is 0 Å². The molecule has 0 spiro atoms. The summed E-state index contributed by atoms with van der Waals surface area (Å²) in [6.45, 7) is 0.138. The molecule has 2 aromatic rings. The molecule has 0 unspecified atom stereocenters. The second kappa shape index (κ2) is 5.33. The minimum Gasteiger partial charge on any atom is -0.489 e. The van der Waals surface area contributed by atoms with Crippen LogP contribution < -0.4 is 9.47 Å². The van der Waals surface area contributed by atoms with E-state index in [1.807, 2.05) is 6.07 Å². The summed E-state index contributed by atoms with van der Waals surface area (Å²) in [5.74, 6) is 0.564. The summed E-state index contributed by atoms with van der Waals surface area (Å²) in [6.07, 6.45) is 1.09. The number of aryl methyl sites for hydroxylation is 1. The first kappa shape index (κ1) is 12.7. The van der Waals surface area contributed by atoms with Crippen LogP contribution >= 0.6 is 0 Å². The third-order valence-corrected chi connectivity index (χ3v) is 3.21. The van der Waals surface area contributed by atoms with Gasteiger partial charge >= 0.3 is 5.97 Å². The van der Waals surface area contributed by atoms with Crippen LogP contribution in [0.2, 0.25) is 0 Å². The van der Waals surface area contributed by atoms with E-state index < -0.39 is 0 Å². The summed E-state index contributed by atoms with van der Waals surface area (Å²) in [4.78, 5) is 11.2. The van der Waals surface area contributed by atoms with Crippen molar-refractivity contribution in [3.63, 3.8) is 0 Å². The molecule has 0 aromatic heterocycles. The number of ether oxygens (including phenoxy) is 2. The van der Waals surface area contributed by atoms with Gasteiger partial charge < -0.3 is 9.47 Å². The second-order valence-electron chi connectivity index (χ2n) is 4.62. The zero-order chi connectivity index (χ0) is 13.9. The van der Waals surface area contributed by atoms with Gasteiger partial charge in [-0.15, -0.1) is 0 Å². The lowest BCUT2D eigenvalue weighted by Crippen LogP contribution is -2.15. The zero-order valence-electron chi connectivity index (χ0n) is 10.8. The van der Waals surface area contributed by atoms with Crippen LogP contribution in [0.4, 0.5) is 4.39 Å². The van der Waals surface area contributed by atoms with Crippen molar-refractivity contribution in [2.24, 2.45) is 0 Å². The molecule has 0 saturated carbocycles. The predicted octanol–water partition coefficient (Wildman–Crippen LogP) is 3.26. The molecule has 0 amide bonds. The highest BCUT2D eigenvalue weighted by atomic mass is 19.1. The molecular weight excluding hydrogens is 259 g/mol. The van der Waals surface area contributed by atoms with Gasteiger partial charge in [-0.1, -0.05) is 24.3 Å². The van der Waals surface area contributed by atoms with Gasteiger partial charge in [0.2, 0.25) is 0 Å². The molecule has 0 saturated heterocycles. The molecule has 102 valence electrons. The van der Waals surface area contributed by atoms with Gasteiger partial charge in [-0.3, -0.25) is 4.79 Å². The monoisotopic (exact) mass is 272 g/mol. The van der Waals surface area contributed by atoms with Crippen LogP contribution in [-0.2, 0) is 17.8 Å². The summed E-state index contributed by atoms with van der Waals surface area (Å²) in [6, 6.07) is 11.8.